The first kappa shape index (κ1) is 17.1. The molecule has 0 bridgehead atoms. The lowest BCUT2D eigenvalue weighted by atomic mass is 10.0. The van der Waals surface area contributed by atoms with Crippen LogP contribution in [0.5, 0.6) is 0 Å². The lowest BCUT2D eigenvalue weighted by molar-refractivity contribution is -0.110. The van der Waals surface area contributed by atoms with Gasteiger partial charge in [-0.05, 0) is 50.1 Å². The van der Waals surface area contributed by atoms with Crippen molar-refractivity contribution in [1.29, 1.82) is 0 Å². The predicted molar refractivity (Wildman–Crippen MR) is 96.8 cm³/mol. The van der Waals surface area contributed by atoms with Crippen molar-refractivity contribution in [2.45, 2.75) is 32.7 Å². The zero-order chi connectivity index (χ0) is 18.0. The molecule has 3 N–H and O–H groups in total. The van der Waals surface area contributed by atoms with Crippen molar-refractivity contribution < 1.29 is 15.0 Å². The second kappa shape index (κ2) is 7.04. The van der Waals surface area contributed by atoms with E-state index in [2.05, 4.69) is 10.3 Å². The first-order valence-corrected chi connectivity index (χ1v) is 8.17. The Hall–Kier alpha value is -2.70. The largest absolute Gasteiger partial charge is 0.374 e. The highest BCUT2D eigenvalue weighted by Crippen LogP contribution is 2.29. The van der Waals surface area contributed by atoms with Gasteiger partial charge in [-0.3, -0.25) is 4.79 Å². The van der Waals surface area contributed by atoms with Crippen molar-refractivity contribution in [2.75, 3.05) is 10.2 Å². The van der Waals surface area contributed by atoms with E-state index >= 15 is 0 Å². The van der Waals surface area contributed by atoms with Crippen molar-refractivity contribution in [1.82, 2.24) is 4.98 Å². The molecule has 2 atom stereocenters. The molecule has 1 aliphatic rings. The van der Waals surface area contributed by atoms with Crippen LogP contribution >= 0.6 is 0 Å². The van der Waals surface area contributed by atoms with Gasteiger partial charge in [-0.1, -0.05) is 18.2 Å². The van der Waals surface area contributed by atoms with E-state index < -0.39 is 12.5 Å². The summed E-state index contributed by atoms with van der Waals surface area (Å²) in [6, 6.07) is 11.2. The van der Waals surface area contributed by atoms with Crippen LogP contribution in [0.4, 0.5) is 11.5 Å². The summed E-state index contributed by atoms with van der Waals surface area (Å²) in [6.07, 6.45) is 2.55. The number of pyridine rings is 1. The second-order valence-corrected chi connectivity index (χ2v) is 6.01. The van der Waals surface area contributed by atoms with Crippen molar-refractivity contribution in [3.63, 3.8) is 0 Å². The van der Waals surface area contributed by atoms with Gasteiger partial charge in [0.15, 0.2) is 0 Å². The van der Waals surface area contributed by atoms with Gasteiger partial charge in [0, 0.05) is 23.0 Å². The molecule has 2 unspecified atom stereocenters. The standard InChI is InChI=1S/C19H21N3O3/c1-12(23)22(13(2)24)15-8-5-14(6-9-15)7-10-17-16-4-3-11-20-18(16)21-19(17)25/h3-6,8-13,23-24H,7H2,1-2H3,(H,20,21,25). The Kier molecular flexibility index (Phi) is 4.83. The molecule has 6 heteroatoms. The molecule has 0 aliphatic carbocycles. The fourth-order valence-electron chi connectivity index (χ4n) is 2.99. The molecule has 0 spiro atoms. The first-order valence-electron chi connectivity index (χ1n) is 8.17. The number of aliphatic hydroxyl groups excluding tert-OH is 2. The maximum atomic E-state index is 12.1. The highest BCUT2D eigenvalue weighted by Gasteiger charge is 2.24. The number of carbonyl (C=O) groups is 1. The van der Waals surface area contributed by atoms with Crippen LogP contribution in [-0.2, 0) is 11.2 Å². The maximum absolute atomic E-state index is 12.1. The number of aliphatic hydroxyl groups is 2. The molecule has 0 fully saturated rings. The van der Waals surface area contributed by atoms with Gasteiger partial charge in [-0.25, -0.2) is 4.98 Å². The van der Waals surface area contributed by atoms with Gasteiger partial charge in [0.1, 0.15) is 18.3 Å². The molecule has 1 aromatic carbocycles. The van der Waals surface area contributed by atoms with E-state index in [0.717, 1.165) is 16.8 Å². The number of aromatic nitrogens is 1. The molecule has 0 saturated heterocycles. The highest BCUT2D eigenvalue weighted by molar-refractivity contribution is 6.31. The van der Waals surface area contributed by atoms with Crippen LogP contribution in [0.2, 0.25) is 0 Å². The number of amides is 1. The van der Waals surface area contributed by atoms with E-state index in [4.69, 9.17) is 0 Å². The number of fused-ring (bicyclic) bond motifs is 1. The normalized spacial score (nSPS) is 17.1. The lowest BCUT2D eigenvalue weighted by Crippen LogP contribution is -2.40. The zero-order valence-electron chi connectivity index (χ0n) is 14.2. The SMILES string of the molecule is CC(O)N(c1ccc(CC=C2C(=O)Nc3ncccc32)cc1)C(C)O. The van der Waals surface area contributed by atoms with Gasteiger partial charge in [0.2, 0.25) is 0 Å². The minimum atomic E-state index is -0.792. The Bertz CT molecular complexity index is 790. The number of hydrogen-bond donors (Lipinski definition) is 3. The third kappa shape index (κ3) is 3.55. The monoisotopic (exact) mass is 339 g/mol. The summed E-state index contributed by atoms with van der Waals surface area (Å²) in [6.45, 7) is 3.21. The van der Waals surface area contributed by atoms with Gasteiger partial charge in [0.25, 0.3) is 5.91 Å². The Balaban J connectivity index is 1.78. The van der Waals surface area contributed by atoms with Crippen LogP contribution in [0.1, 0.15) is 25.0 Å². The molecule has 1 aliphatic heterocycles. The molecule has 3 rings (SSSR count). The number of nitrogens with one attached hydrogen (secondary N) is 1. The van der Waals surface area contributed by atoms with E-state index in [1.54, 1.807) is 20.0 Å². The third-order valence-electron chi connectivity index (χ3n) is 4.16. The Labute approximate surface area is 146 Å². The molecule has 2 heterocycles. The van der Waals surface area contributed by atoms with Crippen molar-refractivity contribution in [3.05, 3.63) is 59.8 Å². The van der Waals surface area contributed by atoms with Crippen molar-refractivity contribution >= 4 is 23.0 Å². The fourth-order valence-corrected chi connectivity index (χ4v) is 2.99. The van der Waals surface area contributed by atoms with Gasteiger partial charge in [-0.2, -0.15) is 0 Å². The minimum Gasteiger partial charge on any atom is -0.374 e. The highest BCUT2D eigenvalue weighted by atomic mass is 16.3. The number of hydrogen-bond acceptors (Lipinski definition) is 5. The van der Waals surface area contributed by atoms with Crippen LogP contribution in [0.25, 0.3) is 5.57 Å². The summed E-state index contributed by atoms with van der Waals surface area (Å²) in [4.78, 5) is 17.7. The van der Waals surface area contributed by atoms with Crippen LogP contribution in [0.15, 0.2) is 48.7 Å². The molecule has 0 radical (unpaired) electrons. The molecular weight excluding hydrogens is 318 g/mol. The smallest absolute Gasteiger partial charge is 0.257 e. The Morgan fingerprint density at radius 2 is 1.84 bits per heavy atom. The van der Waals surface area contributed by atoms with Gasteiger partial charge >= 0.3 is 0 Å². The predicted octanol–water partition coefficient (Wildman–Crippen LogP) is 2.14. The zero-order valence-corrected chi connectivity index (χ0v) is 14.2. The Morgan fingerprint density at radius 3 is 2.48 bits per heavy atom. The summed E-state index contributed by atoms with van der Waals surface area (Å²) >= 11 is 0. The Morgan fingerprint density at radius 1 is 1.16 bits per heavy atom. The average molecular weight is 339 g/mol. The average Bonchev–Trinajstić information content (AvgIpc) is 2.89. The molecule has 1 amide bonds. The first-order chi connectivity index (χ1) is 12.0. The minimum absolute atomic E-state index is 0.139. The van der Waals surface area contributed by atoms with Crippen molar-refractivity contribution in [3.8, 4) is 0 Å². The van der Waals surface area contributed by atoms with Crippen LogP contribution in [-0.4, -0.2) is 33.6 Å². The van der Waals surface area contributed by atoms with E-state index in [-0.39, 0.29) is 5.91 Å². The summed E-state index contributed by atoms with van der Waals surface area (Å²) in [5, 5.41) is 22.3. The number of rotatable bonds is 5. The second-order valence-electron chi connectivity index (χ2n) is 6.01. The van der Waals surface area contributed by atoms with Gasteiger partial charge < -0.3 is 20.4 Å². The molecule has 1 aromatic heterocycles. The van der Waals surface area contributed by atoms with E-state index in [9.17, 15) is 15.0 Å². The van der Waals surface area contributed by atoms with E-state index in [1.807, 2.05) is 42.5 Å². The number of allylic oxidation sites excluding steroid dienone is 1. The lowest BCUT2D eigenvalue weighted by Gasteiger charge is -2.30. The topological polar surface area (TPSA) is 85.7 Å². The summed E-state index contributed by atoms with van der Waals surface area (Å²) in [5.74, 6) is 0.457. The van der Waals surface area contributed by atoms with E-state index in [0.29, 0.717) is 17.8 Å². The van der Waals surface area contributed by atoms with Crippen LogP contribution in [0, 0.1) is 0 Å². The molecule has 2 aromatic rings. The van der Waals surface area contributed by atoms with Crippen molar-refractivity contribution in [2.24, 2.45) is 0 Å². The molecule has 6 nitrogen and oxygen atoms in total. The number of benzene rings is 1. The van der Waals surface area contributed by atoms with Gasteiger partial charge in [-0.15, -0.1) is 0 Å². The fraction of sp³-hybridized carbons (Fsp3) is 0.263. The van der Waals surface area contributed by atoms with Crippen LogP contribution < -0.4 is 10.2 Å². The molecule has 130 valence electrons. The van der Waals surface area contributed by atoms with E-state index in [1.165, 1.54) is 4.90 Å². The maximum Gasteiger partial charge on any atom is 0.257 e. The number of anilines is 2. The molecular formula is C19H21N3O3. The summed E-state index contributed by atoms with van der Waals surface area (Å²) in [7, 11) is 0. The number of nitrogens with zero attached hydrogens (tertiary/aromatic N) is 2. The van der Waals surface area contributed by atoms with Gasteiger partial charge in [0.05, 0.1) is 0 Å². The molecule has 25 heavy (non-hydrogen) atoms. The molecule has 0 saturated carbocycles. The third-order valence-corrected chi connectivity index (χ3v) is 4.16. The van der Waals surface area contributed by atoms with Crippen LogP contribution in [0.3, 0.4) is 0 Å². The summed E-state index contributed by atoms with van der Waals surface area (Å²) < 4.78 is 0. The number of carbonyl (C=O) groups excluding carboxylic acids is 1. The quantitative estimate of drug-likeness (QED) is 0.574. The summed E-state index contributed by atoms with van der Waals surface area (Å²) in [5.41, 5.74) is 3.20.